The highest BCUT2D eigenvalue weighted by Crippen LogP contribution is 2.32. The third kappa shape index (κ3) is 4.29. The molecule has 1 fully saturated rings. The fourth-order valence-corrected chi connectivity index (χ4v) is 2.71. The number of halogens is 3. The summed E-state index contributed by atoms with van der Waals surface area (Å²) in [5.74, 6) is -1.36. The lowest BCUT2D eigenvalue weighted by atomic mass is 10.1. The molecule has 9 heteroatoms. The van der Waals surface area contributed by atoms with Gasteiger partial charge in [-0.15, -0.1) is 0 Å². The molecular weight excluding hydrogens is 389 g/mol. The smallest absolute Gasteiger partial charge is 0.416 e. The third-order valence-electron chi connectivity index (χ3n) is 4.04. The molecule has 0 aliphatic carbocycles. The Morgan fingerprint density at radius 3 is 2.38 bits per heavy atom. The summed E-state index contributed by atoms with van der Waals surface area (Å²) in [6, 6.07) is 9.09. The topological polar surface area (TPSA) is 75.7 Å². The first kappa shape index (κ1) is 20.1. The number of nitrogens with zero attached hydrogens (tertiary/aromatic N) is 1. The van der Waals surface area contributed by atoms with E-state index in [1.165, 1.54) is 12.1 Å². The molecule has 1 N–H and O–H groups in total. The minimum absolute atomic E-state index is 0.299. The Hall–Kier alpha value is -3.62. The maximum atomic E-state index is 13.0. The summed E-state index contributed by atoms with van der Waals surface area (Å²) in [4.78, 5) is 37.5. The van der Waals surface area contributed by atoms with E-state index in [-0.39, 0.29) is 11.3 Å². The molecule has 0 saturated carbocycles. The van der Waals surface area contributed by atoms with E-state index in [0.29, 0.717) is 28.9 Å². The van der Waals surface area contributed by atoms with Gasteiger partial charge < -0.3 is 4.74 Å². The van der Waals surface area contributed by atoms with Crippen molar-refractivity contribution in [3.63, 3.8) is 0 Å². The van der Waals surface area contributed by atoms with Crippen molar-refractivity contribution in [2.75, 3.05) is 11.5 Å². The molecule has 2 aromatic carbocycles. The fourth-order valence-electron chi connectivity index (χ4n) is 2.71. The van der Waals surface area contributed by atoms with Gasteiger partial charge in [-0.2, -0.15) is 13.2 Å². The van der Waals surface area contributed by atoms with E-state index in [9.17, 15) is 27.6 Å². The Labute approximate surface area is 163 Å². The number of benzene rings is 2. The molecule has 0 spiro atoms. The third-order valence-corrected chi connectivity index (χ3v) is 4.04. The first-order valence-corrected chi connectivity index (χ1v) is 8.52. The SMILES string of the molecule is CCOc1ccc(/C=C2/C(=O)NC(=O)N(c3cccc(C(F)(F)F)c3)C2=O)cc1. The number of nitrogens with one attached hydrogen (secondary N) is 1. The van der Waals surface area contributed by atoms with Crippen LogP contribution in [0.3, 0.4) is 0 Å². The molecule has 29 heavy (non-hydrogen) atoms. The van der Waals surface area contributed by atoms with Crippen LogP contribution in [-0.2, 0) is 15.8 Å². The quantitative estimate of drug-likeness (QED) is 0.622. The first-order chi connectivity index (χ1) is 13.7. The number of amides is 4. The van der Waals surface area contributed by atoms with Crippen LogP contribution < -0.4 is 15.0 Å². The summed E-state index contributed by atoms with van der Waals surface area (Å²) >= 11 is 0. The molecular formula is C20H15F3N2O4. The summed E-state index contributed by atoms with van der Waals surface area (Å²) in [6.07, 6.45) is -3.40. The van der Waals surface area contributed by atoms with Gasteiger partial charge in [-0.3, -0.25) is 14.9 Å². The van der Waals surface area contributed by atoms with Crippen molar-refractivity contribution < 1.29 is 32.3 Å². The molecule has 0 bridgehead atoms. The monoisotopic (exact) mass is 404 g/mol. The zero-order valence-corrected chi connectivity index (χ0v) is 15.1. The molecule has 6 nitrogen and oxygen atoms in total. The number of rotatable bonds is 4. The highest BCUT2D eigenvalue weighted by molar-refractivity contribution is 6.39. The number of anilines is 1. The second kappa shape index (κ2) is 7.78. The number of carbonyl (C=O) groups is 3. The minimum atomic E-state index is -4.65. The average molecular weight is 404 g/mol. The van der Waals surface area contributed by atoms with E-state index in [1.807, 2.05) is 12.2 Å². The fraction of sp³-hybridized carbons (Fsp3) is 0.150. The van der Waals surface area contributed by atoms with Crippen molar-refractivity contribution in [3.8, 4) is 5.75 Å². The lowest BCUT2D eigenvalue weighted by Gasteiger charge is -2.26. The maximum absolute atomic E-state index is 13.0. The number of barbiturate groups is 1. The van der Waals surface area contributed by atoms with E-state index in [1.54, 1.807) is 24.3 Å². The molecule has 150 valence electrons. The number of carbonyl (C=O) groups excluding carboxylic acids is 3. The normalized spacial score (nSPS) is 16.2. The molecule has 0 radical (unpaired) electrons. The molecule has 1 heterocycles. The second-order valence-electron chi connectivity index (χ2n) is 6.01. The predicted molar refractivity (Wildman–Crippen MR) is 98.1 cm³/mol. The molecule has 0 aromatic heterocycles. The van der Waals surface area contributed by atoms with Crippen LogP contribution in [0.4, 0.5) is 23.7 Å². The van der Waals surface area contributed by atoms with Crippen LogP contribution in [0.1, 0.15) is 18.1 Å². The molecule has 4 amide bonds. The Balaban J connectivity index is 1.96. The predicted octanol–water partition coefficient (Wildman–Crippen LogP) is 3.77. The summed E-state index contributed by atoms with van der Waals surface area (Å²) in [5.41, 5.74) is -1.23. The van der Waals surface area contributed by atoms with Crippen LogP contribution in [0.5, 0.6) is 5.75 Å². The van der Waals surface area contributed by atoms with Gasteiger partial charge in [0.15, 0.2) is 0 Å². The Morgan fingerprint density at radius 2 is 1.76 bits per heavy atom. The highest BCUT2D eigenvalue weighted by atomic mass is 19.4. The number of hydrogen-bond donors (Lipinski definition) is 1. The standard InChI is InChI=1S/C20H15F3N2O4/c1-2-29-15-8-6-12(7-9-15)10-16-17(26)24-19(28)25(18(16)27)14-5-3-4-13(11-14)20(21,22)23/h3-11H,2H2,1H3,(H,24,26,28)/b16-10-. The van der Waals surface area contributed by atoms with Crippen LogP contribution in [0.25, 0.3) is 6.08 Å². The van der Waals surface area contributed by atoms with Crippen LogP contribution >= 0.6 is 0 Å². The number of imide groups is 2. The van der Waals surface area contributed by atoms with Crippen LogP contribution in [0.2, 0.25) is 0 Å². The maximum Gasteiger partial charge on any atom is 0.416 e. The van der Waals surface area contributed by atoms with Gasteiger partial charge in [0.2, 0.25) is 0 Å². The van der Waals surface area contributed by atoms with Gasteiger partial charge in [0, 0.05) is 0 Å². The van der Waals surface area contributed by atoms with E-state index in [4.69, 9.17) is 4.74 Å². The molecule has 0 atom stereocenters. The van der Waals surface area contributed by atoms with E-state index >= 15 is 0 Å². The van der Waals surface area contributed by atoms with Crippen LogP contribution in [0, 0.1) is 0 Å². The van der Waals surface area contributed by atoms with Crippen molar-refractivity contribution in [3.05, 3.63) is 65.2 Å². The van der Waals surface area contributed by atoms with Gasteiger partial charge in [-0.1, -0.05) is 18.2 Å². The zero-order valence-electron chi connectivity index (χ0n) is 15.1. The number of hydrogen-bond acceptors (Lipinski definition) is 4. The number of alkyl halides is 3. The van der Waals surface area contributed by atoms with Gasteiger partial charge in [0.1, 0.15) is 11.3 Å². The lowest BCUT2D eigenvalue weighted by molar-refractivity contribution is -0.137. The Morgan fingerprint density at radius 1 is 1.07 bits per heavy atom. The Bertz CT molecular complexity index is 998. The molecule has 0 unspecified atom stereocenters. The molecule has 1 aliphatic rings. The summed E-state index contributed by atoms with van der Waals surface area (Å²) in [5, 5.41) is 1.97. The van der Waals surface area contributed by atoms with Gasteiger partial charge in [0.05, 0.1) is 17.9 Å². The highest BCUT2D eigenvalue weighted by Gasteiger charge is 2.38. The second-order valence-corrected chi connectivity index (χ2v) is 6.01. The molecule has 1 saturated heterocycles. The zero-order chi connectivity index (χ0) is 21.2. The Kier molecular flexibility index (Phi) is 5.40. The van der Waals surface area contributed by atoms with Crippen LogP contribution in [-0.4, -0.2) is 24.5 Å². The minimum Gasteiger partial charge on any atom is -0.494 e. The average Bonchev–Trinajstić information content (AvgIpc) is 2.66. The largest absolute Gasteiger partial charge is 0.494 e. The van der Waals surface area contributed by atoms with E-state index < -0.39 is 29.6 Å². The van der Waals surface area contributed by atoms with Crippen molar-refractivity contribution >= 4 is 29.6 Å². The molecule has 3 rings (SSSR count). The summed E-state index contributed by atoms with van der Waals surface area (Å²) in [6.45, 7) is 2.29. The first-order valence-electron chi connectivity index (χ1n) is 8.52. The van der Waals surface area contributed by atoms with Crippen molar-refractivity contribution in [1.29, 1.82) is 0 Å². The summed E-state index contributed by atoms with van der Waals surface area (Å²) in [7, 11) is 0. The lowest BCUT2D eigenvalue weighted by Crippen LogP contribution is -2.54. The summed E-state index contributed by atoms with van der Waals surface area (Å²) < 4.78 is 44.2. The van der Waals surface area contributed by atoms with Gasteiger partial charge in [-0.25, -0.2) is 9.69 Å². The van der Waals surface area contributed by atoms with Gasteiger partial charge in [-0.05, 0) is 48.9 Å². The number of ether oxygens (including phenoxy) is 1. The number of urea groups is 1. The van der Waals surface area contributed by atoms with E-state index in [2.05, 4.69) is 0 Å². The van der Waals surface area contributed by atoms with E-state index in [0.717, 1.165) is 12.1 Å². The molecule has 1 aliphatic heterocycles. The van der Waals surface area contributed by atoms with Gasteiger partial charge in [0.25, 0.3) is 11.8 Å². The van der Waals surface area contributed by atoms with Crippen molar-refractivity contribution in [2.24, 2.45) is 0 Å². The van der Waals surface area contributed by atoms with Crippen LogP contribution in [0.15, 0.2) is 54.1 Å². The van der Waals surface area contributed by atoms with Crippen molar-refractivity contribution in [1.82, 2.24) is 5.32 Å². The van der Waals surface area contributed by atoms with Gasteiger partial charge >= 0.3 is 12.2 Å². The molecule has 2 aromatic rings. The van der Waals surface area contributed by atoms with Crippen molar-refractivity contribution in [2.45, 2.75) is 13.1 Å².